The van der Waals surface area contributed by atoms with Crippen molar-refractivity contribution < 1.29 is 19.4 Å². The number of rotatable bonds is 4. The van der Waals surface area contributed by atoms with Crippen molar-refractivity contribution in [2.45, 2.75) is 0 Å². The van der Waals surface area contributed by atoms with Gasteiger partial charge in [0.2, 0.25) is 5.91 Å². The van der Waals surface area contributed by atoms with Gasteiger partial charge in [0.15, 0.2) is 5.69 Å². The molecule has 19 heavy (non-hydrogen) atoms. The Kier molecular flexibility index (Phi) is 3.42. The molecule has 0 saturated heterocycles. The van der Waals surface area contributed by atoms with Crippen molar-refractivity contribution in [3.63, 3.8) is 0 Å². The number of ether oxygens (including phenoxy) is 1. The van der Waals surface area contributed by atoms with Crippen LogP contribution in [-0.2, 0) is 0 Å². The van der Waals surface area contributed by atoms with Gasteiger partial charge in [0.1, 0.15) is 11.5 Å². The number of aromatic carboxylic acids is 1. The van der Waals surface area contributed by atoms with E-state index in [4.69, 9.17) is 15.6 Å². The number of hydrogen-bond donors (Lipinski definition) is 2. The Labute approximate surface area is 108 Å². The molecular formula is C13H10N2O4. The van der Waals surface area contributed by atoms with Crippen molar-refractivity contribution in [3.8, 4) is 11.5 Å². The van der Waals surface area contributed by atoms with Crippen LogP contribution in [0.1, 0.15) is 20.8 Å². The quantitative estimate of drug-likeness (QED) is 0.868. The van der Waals surface area contributed by atoms with Crippen LogP contribution in [0.5, 0.6) is 11.5 Å². The topological polar surface area (TPSA) is 103 Å². The van der Waals surface area contributed by atoms with E-state index in [1.807, 2.05) is 0 Å². The Morgan fingerprint density at radius 2 is 1.79 bits per heavy atom. The maximum atomic E-state index is 10.9. The van der Waals surface area contributed by atoms with Crippen LogP contribution in [0, 0.1) is 0 Å². The van der Waals surface area contributed by atoms with Gasteiger partial charge < -0.3 is 15.6 Å². The van der Waals surface area contributed by atoms with Crippen molar-refractivity contribution in [1.29, 1.82) is 0 Å². The molecular weight excluding hydrogens is 248 g/mol. The van der Waals surface area contributed by atoms with Gasteiger partial charge in [-0.15, -0.1) is 0 Å². The molecule has 0 fully saturated rings. The van der Waals surface area contributed by atoms with Crippen LogP contribution < -0.4 is 10.5 Å². The van der Waals surface area contributed by atoms with Gasteiger partial charge in [0.05, 0.1) is 0 Å². The van der Waals surface area contributed by atoms with Crippen LogP contribution in [0.4, 0.5) is 0 Å². The molecule has 2 aromatic rings. The zero-order chi connectivity index (χ0) is 13.8. The minimum absolute atomic E-state index is 0.105. The second-order valence-corrected chi connectivity index (χ2v) is 3.67. The largest absolute Gasteiger partial charge is 0.477 e. The van der Waals surface area contributed by atoms with E-state index < -0.39 is 11.9 Å². The molecule has 0 spiro atoms. The fraction of sp³-hybridized carbons (Fsp3) is 0. The van der Waals surface area contributed by atoms with Gasteiger partial charge in [0, 0.05) is 17.8 Å². The molecule has 2 rings (SSSR count). The standard InChI is InChI=1S/C13H10N2O4/c14-12(16)8-1-3-9(4-2-8)19-10-5-6-15-11(7-10)13(17)18/h1-7H,(H2,14,16)(H,17,18). The Balaban J connectivity index is 2.19. The molecule has 0 aliphatic heterocycles. The van der Waals surface area contributed by atoms with Crippen molar-refractivity contribution in [3.05, 3.63) is 53.9 Å². The molecule has 0 aliphatic rings. The van der Waals surface area contributed by atoms with Gasteiger partial charge in [-0.2, -0.15) is 0 Å². The van der Waals surface area contributed by atoms with Crippen LogP contribution >= 0.6 is 0 Å². The molecule has 1 amide bonds. The molecule has 0 unspecified atom stereocenters. The summed E-state index contributed by atoms with van der Waals surface area (Å²) in [5.74, 6) is -0.843. The summed E-state index contributed by atoms with van der Waals surface area (Å²) >= 11 is 0. The van der Waals surface area contributed by atoms with Gasteiger partial charge >= 0.3 is 5.97 Å². The van der Waals surface area contributed by atoms with Crippen molar-refractivity contribution >= 4 is 11.9 Å². The van der Waals surface area contributed by atoms with Crippen molar-refractivity contribution in [2.75, 3.05) is 0 Å². The Hall–Kier alpha value is -2.89. The van der Waals surface area contributed by atoms with Crippen LogP contribution in [0.15, 0.2) is 42.6 Å². The summed E-state index contributed by atoms with van der Waals surface area (Å²) in [5.41, 5.74) is 5.38. The number of nitrogens with two attached hydrogens (primary N) is 1. The Bertz CT molecular complexity index is 623. The number of amides is 1. The molecule has 6 nitrogen and oxygen atoms in total. The first-order valence-electron chi connectivity index (χ1n) is 5.33. The van der Waals surface area contributed by atoms with E-state index in [1.165, 1.54) is 30.5 Å². The highest BCUT2D eigenvalue weighted by atomic mass is 16.5. The predicted octanol–water partition coefficient (Wildman–Crippen LogP) is 1.67. The molecule has 96 valence electrons. The minimum atomic E-state index is -1.13. The fourth-order valence-corrected chi connectivity index (χ4v) is 1.41. The molecule has 3 N–H and O–H groups in total. The highest BCUT2D eigenvalue weighted by molar-refractivity contribution is 5.92. The van der Waals surface area contributed by atoms with Gasteiger partial charge in [-0.05, 0) is 30.3 Å². The van der Waals surface area contributed by atoms with Gasteiger partial charge in [-0.25, -0.2) is 9.78 Å². The highest BCUT2D eigenvalue weighted by Gasteiger charge is 2.06. The lowest BCUT2D eigenvalue weighted by Crippen LogP contribution is -2.10. The normalized spacial score (nSPS) is 9.89. The summed E-state index contributed by atoms with van der Waals surface area (Å²) in [7, 11) is 0. The lowest BCUT2D eigenvalue weighted by molar-refractivity contribution is 0.0690. The lowest BCUT2D eigenvalue weighted by Gasteiger charge is -2.06. The second kappa shape index (κ2) is 5.18. The van der Waals surface area contributed by atoms with E-state index in [1.54, 1.807) is 12.1 Å². The SMILES string of the molecule is NC(=O)c1ccc(Oc2ccnc(C(=O)O)c2)cc1. The zero-order valence-electron chi connectivity index (χ0n) is 9.74. The summed E-state index contributed by atoms with van der Waals surface area (Å²) < 4.78 is 5.45. The van der Waals surface area contributed by atoms with Crippen molar-refractivity contribution in [2.24, 2.45) is 5.73 Å². The van der Waals surface area contributed by atoms with Crippen molar-refractivity contribution in [1.82, 2.24) is 4.98 Å². The van der Waals surface area contributed by atoms with Gasteiger partial charge in [-0.1, -0.05) is 0 Å². The first-order valence-corrected chi connectivity index (χ1v) is 5.33. The summed E-state index contributed by atoms with van der Waals surface area (Å²) in [6.45, 7) is 0. The second-order valence-electron chi connectivity index (χ2n) is 3.67. The maximum Gasteiger partial charge on any atom is 0.354 e. The first-order chi connectivity index (χ1) is 9.06. The van der Waals surface area contributed by atoms with Crippen LogP contribution in [0.25, 0.3) is 0 Å². The van der Waals surface area contributed by atoms with E-state index in [0.717, 1.165) is 0 Å². The zero-order valence-corrected chi connectivity index (χ0v) is 9.74. The molecule has 1 aromatic heterocycles. The summed E-state index contributed by atoms with van der Waals surface area (Å²) in [6, 6.07) is 9.04. The number of primary amides is 1. The first kappa shape index (κ1) is 12.6. The average Bonchev–Trinajstić information content (AvgIpc) is 2.39. The number of aromatic nitrogens is 1. The van der Waals surface area contributed by atoms with Crippen LogP contribution in [0.3, 0.4) is 0 Å². The number of carboxylic acids is 1. The van der Waals surface area contributed by atoms with E-state index in [2.05, 4.69) is 4.98 Å². The average molecular weight is 258 g/mol. The number of pyridine rings is 1. The molecule has 0 aliphatic carbocycles. The molecule has 1 aromatic carbocycles. The number of carbonyl (C=O) groups is 2. The lowest BCUT2D eigenvalue weighted by atomic mass is 10.2. The number of carbonyl (C=O) groups excluding carboxylic acids is 1. The Morgan fingerprint density at radius 3 is 2.37 bits per heavy atom. The monoisotopic (exact) mass is 258 g/mol. The summed E-state index contributed by atoms with van der Waals surface area (Å²) in [5, 5.41) is 8.80. The molecule has 0 saturated carbocycles. The highest BCUT2D eigenvalue weighted by Crippen LogP contribution is 2.21. The predicted molar refractivity (Wildman–Crippen MR) is 66.2 cm³/mol. The van der Waals surface area contributed by atoms with E-state index in [9.17, 15) is 9.59 Å². The van der Waals surface area contributed by atoms with E-state index in [0.29, 0.717) is 17.1 Å². The number of benzene rings is 1. The summed E-state index contributed by atoms with van der Waals surface area (Å²) in [6.07, 6.45) is 1.34. The molecule has 0 radical (unpaired) electrons. The van der Waals surface area contributed by atoms with Gasteiger partial charge in [-0.3, -0.25) is 4.79 Å². The third-order valence-electron chi connectivity index (χ3n) is 2.33. The molecule has 6 heteroatoms. The molecule has 1 heterocycles. The minimum Gasteiger partial charge on any atom is -0.477 e. The van der Waals surface area contributed by atoms with E-state index in [-0.39, 0.29) is 5.69 Å². The number of hydrogen-bond acceptors (Lipinski definition) is 4. The van der Waals surface area contributed by atoms with Gasteiger partial charge in [0.25, 0.3) is 0 Å². The fourth-order valence-electron chi connectivity index (χ4n) is 1.41. The van der Waals surface area contributed by atoms with Crippen LogP contribution in [0.2, 0.25) is 0 Å². The third kappa shape index (κ3) is 3.06. The maximum absolute atomic E-state index is 10.9. The number of nitrogens with zero attached hydrogens (tertiary/aromatic N) is 1. The Morgan fingerprint density at radius 1 is 1.11 bits per heavy atom. The smallest absolute Gasteiger partial charge is 0.354 e. The summed E-state index contributed by atoms with van der Waals surface area (Å²) in [4.78, 5) is 25.3. The van der Waals surface area contributed by atoms with Crippen LogP contribution in [-0.4, -0.2) is 22.0 Å². The van der Waals surface area contributed by atoms with E-state index >= 15 is 0 Å². The molecule has 0 atom stereocenters. The third-order valence-corrected chi connectivity index (χ3v) is 2.33. The molecule has 0 bridgehead atoms. The number of carboxylic acid groups (broad SMARTS) is 1.